The van der Waals surface area contributed by atoms with Gasteiger partial charge in [-0.05, 0) is 66.1 Å². The number of carbonyl (C=O) groups is 2. The van der Waals surface area contributed by atoms with E-state index in [1.807, 2.05) is 43.3 Å². The molecule has 0 bridgehead atoms. The standard InChI is InChI=1S/C30H24N2O4/c1-20-18-23(12-13-25(20)36-19-21-8-4-2-5-9-21)28(33)26-27(22-14-16-31-17-15-22)32(30(35)29(26)34)24-10-6-3-7-11-24/h2-18,27,33H,19H2,1H3/b28-26-. The monoisotopic (exact) mass is 476 g/mol. The average molecular weight is 477 g/mol. The minimum absolute atomic E-state index is 0.0346. The smallest absolute Gasteiger partial charge is 0.300 e. The van der Waals surface area contributed by atoms with Crippen LogP contribution in [-0.4, -0.2) is 21.8 Å². The highest BCUT2D eigenvalue weighted by molar-refractivity contribution is 6.51. The Morgan fingerprint density at radius 1 is 0.917 bits per heavy atom. The predicted molar refractivity (Wildman–Crippen MR) is 137 cm³/mol. The molecule has 4 aromatic rings. The van der Waals surface area contributed by atoms with Crippen molar-refractivity contribution in [2.24, 2.45) is 0 Å². The van der Waals surface area contributed by atoms with Gasteiger partial charge >= 0.3 is 0 Å². The van der Waals surface area contributed by atoms with Gasteiger partial charge in [0, 0.05) is 23.6 Å². The van der Waals surface area contributed by atoms with Gasteiger partial charge in [-0.15, -0.1) is 0 Å². The first kappa shape index (κ1) is 23.1. The van der Waals surface area contributed by atoms with Crippen LogP contribution in [-0.2, 0) is 16.2 Å². The topological polar surface area (TPSA) is 79.7 Å². The van der Waals surface area contributed by atoms with E-state index in [1.165, 1.54) is 4.90 Å². The number of carbonyl (C=O) groups excluding carboxylic acids is 2. The molecule has 178 valence electrons. The number of aromatic nitrogens is 1. The lowest BCUT2D eigenvalue weighted by molar-refractivity contribution is -0.132. The molecule has 6 nitrogen and oxygen atoms in total. The molecule has 1 N–H and O–H groups in total. The zero-order chi connectivity index (χ0) is 25.1. The summed E-state index contributed by atoms with van der Waals surface area (Å²) in [6.07, 6.45) is 3.20. The SMILES string of the molecule is Cc1cc(/C(O)=C2/C(=O)C(=O)N(c3ccccc3)C2c2ccncc2)ccc1OCc1ccccc1. The van der Waals surface area contributed by atoms with E-state index in [9.17, 15) is 14.7 Å². The first-order valence-electron chi connectivity index (χ1n) is 11.6. The third-order valence-corrected chi connectivity index (χ3v) is 6.19. The number of hydrogen-bond acceptors (Lipinski definition) is 5. The number of benzene rings is 3. The maximum absolute atomic E-state index is 13.2. The molecule has 1 fully saturated rings. The number of aryl methyl sites for hydroxylation is 1. The lowest BCUT2D eigenvalue weighted by Gasteiger charge is -2.25. The molecule has 2 heterocycles. The normalized spacial score (nSPS) is 16.8. The van der Waals surface area contributed by atoms with Gasteiger partial charge in [-0.25, -0.2) is 0 Å². The van der Waals surface area contributed by atoms with Crippen molar-refractivity contribution >= 4 is 23.1 Å². The van der Waals surface area contributed by atoms with Gasteiger partial charge in [0.2, 0.25) is 0 Å². The van der Waals surface area contributed by atoms with E-state index < -0.39 is 17.7 Å². The molecule has 1 atom stereocenters. The van der Waals surface area contributed by atoms with Crippen LogP contribution in [0.2, 0.25) is 0 Å². The first-order chi connectivity index (χ1) is 17.5. The van der Waals surface area contributed by atoms with Gasteiger partial charge < -0.3 is 9.84 Å². The zero-order valence-corrected chi connectivity index (χ0v) is 19.7. The van der Waals surface area contributed by atoms with Crippen molar-refractivity contribution < 1.29 is 19.4 Å². The van der Waals surface area contributed by atoms with Crippen molar-refractivity contribution in [1.82, 2.24) is 4.98 Å². The van der Waals surface area contributed by atoms with Gasteiger partial charge in [-0.1, -0.05) is 48.5 Å². The summed E-state index contributed by atoms with van der Waals surface area (Å²) < 4.78 is 5.95. The Morgan fingerprint density at radius 3 is 2.25 bits per heavy atom. The molecule has 3 aromatic carbocycles. The van der Waals surface area contributed by atoms with Crippen LogP contribution in [0.1, 0.15) is 28.3 Å². The summed E-state index contributed by atoms with van der Waals surface area (Å²) in [6.45, 7) is 2.29. The van der Waals surface area contributed by atoms with Gasteiger partial charge in [0.25, 0.3) is 11.7 Å². The lowest BCUT2D eigenvalue weighted by atomic mass is 9.95. The molecule has 5 rings (SSSR count). The summed E-state index contributed by atoms with van der Waals surface area (Å²) in [5, 5.41) is 11.4. The molecule has 0 spiro atoms. The van der Waals surface area contributed by atoms with E-state index in [2.05, 4.69) is 4.98 Å². The maximum Gasteiger partial charge on any atom is 0.300 e. The number of nitrogens with zero attached hydrogens (tertiary/aromatic N) is 2. The summed E-state index contributed by atoms with van der Waals surface area (Å²) >= 11 is 0. The molecular formula is C30H24N2O4. The van der Waals surface area contributed by atoms with E-state index in [4.69, 9.17) is 4.74 Å². The number of amides is 1. The summed E-state index contributed by atoms with van der Waals surface area (Å²) in [7, 11) is 0. The molecule has 1 amide bonds. The number of aliphatic hydroxyl groups is 1. The molecule has 1 saturated heterocycles. The summed E-state index contributed by atoms with van der Waals surface area (Å²) in [4.78, 5) is 31.9. The quantitative estimate of drug-likeness (QED) is 0.223. The fourth-order valence-corrected chi connectivity index (χ4v) is 4.40. The van der Waals surface area contributed by atoms with Gasteiger partial charge in [-0.2, -0.15) is 0 Å². The highest BCUT2D eigenvalue weighted by Crippen LogP contribution is 2.42. The number of para-hydroxylation sites is 1. The minimum atomic E-state index is -0.787. The number of anilines is 1. The third-order valence-electron chi connectivity index (χ3n) is 6.19. The van der Waals surface area contributed by atoms with Crippen molar-refractivity contribution in [1.29, 1.82) is 0 Å². The van der Waals surface area contributed by atoms with E-state index in [1.54, 1.807) is 67.0 Å². The summed E-state index contributed by atoms with van der Waals surface area (Å²) in [5.41, 5.74) is 3.56. The Balaban J connectivity index is 1.54. The van der Waals surface area contributed by atoms with Crippen LogP contribution in [0.15, 0.2) is 109 Å². The molecular weight excluding hydrogens is 452 g/mol. The fraction of sp³-hybridized carbons (Fsp3) is 0.100. The van der Waals surface area contributed by atoms with Crippen molar-refractivity contribution in [3.63, 3.8) is 0 Å². The Labute approximate surface area is 209 Å². The first-order valence-corrected chi connectivity index (χ1v) is 11.6. The Morgan fingerprint density at radius 2 is 1.58 bits per heavy atom. The molecule has 0 saturated carbocycles. The molecule has 36 heavy (non-hydrogen) atoms. The third kappa shape index (κ3) is 4.36. The number of hydrogen-bond donors (Lipinski definition) is 1. The van der Waals surface area contributed by atoms with E-state index in [-0.39, 0.29) is 11.3 Å². The van der Waals surface area contributed by atoms with E-state index >= 15 is 0 Å². The van der Waals surface area contributed by atoms with Crippen molar-refractivity contribution in [3.8, 4) is 5.75 Å². The predicted octanol–water partition coefficient (Wildman–Crippen LogP) is 5.60. The number of pyridine rings is 1. The Kier molecular flexibility index (Phi) is 6.33. The van der Waals surface area contributed by atoms with Crippen LogP contribution in [0.3, 0.4) is 0 Å². The van der Waals surface area contributed by atoms with E-state index in [0.29, 0.717) is 29.2 Å². The van der Waals surface area contributed by atoms with Crippen LogP contribution < -0.4 is 9.64 Å². The molecule has 0 radical (unpaired) electrons. The van der Waals surface area contributed by atoms with Gasteiger partial charge in [0.1, 0.15) is 18.1 Å². The van der Waals surface area contributed by atoms with Crippen molar-refractivity contribution in [2.45, 2.75) is 19.6 Å². The molecule has 1 aliphatic rings. The second-order valence-electron chi connectivity index (χ2n) is 8.54. The van der Waals surface area contributed by atoms with Crippen LogP contribution in [0.5, 0.6) is 5.75 Å². The van der Waals surface area contributed by atoms with Gasteiger partial charge in [-0.3, -0.25) is 19.5 Å². The van der Waals surface area contributed by atoms with Crippen LogP contribution in [0, 0.1) is 6.92 Å². The lowest BCUT2D eigenvalue weighted by Crippen LogP contribution is -2.29. The van der Waals surface area contributed by atoms with Crippen LogP contribution in [0.25, 0.3) is 5.76 Å². The summed E-state index contributed by atoms with van der Waals surface area (Å²) in [6, 6.07) is 26.7. The molecule has 1 aliphatic heterocycles. The molecule has 0 aliphatic carbocycles. The highest BCUT2D eigenvalue weighted by atomic mass is 16.5. The van der Waals surface area contributed by atoms with Gasteiger partial charge in [0.15, 0.2) is 0 Å². The number of rotatable bonds is 6. The number of ketones is 1. The van der Waals surface area contributed by atoms with E-state index in [0.717, 1.165) is 11.1 Å². The summed E-state index contributed by atoms with van der Waals surface area (Å²) in [5.74, 6) is -0.985. The fourth-order valence-electron chi connectivity index (χ4n) is 4.40. The van der Waals surface area contributed by atoms with Crippen molar-refractivity contribution in [3.05, 3.63) is 131 Å². The number of Topliss-reactive ketones (excluding diaryl/α,β-unsaturated/α-hetero) is 1. The largest absolute Gasteiger partial charge is 0.507 e. The highest BCUT2D eigenvalue weighted by Gasteiger charge is 2.46. The molecule has 1 aromatic heterocycles. The van der Waals surface area contributed by atoms with Crippen molar-refractivity contribution in [2.75, 3.05) is 4.90 Å². The molecule has 1 unspecified atom stereocenters. The maximum atomic E-state index is 13.2. The van der Waals surface area contributed by atoms with Gasteiger partial charge in [0.05, 0.1) is 11.6 Å². The second kappa shape index (κ2) is 9.88. The minimum Gasteiger partial charge on any atom is -0.507 e. The van der Waals surface area contributed by atoms with Crippen LogP contribution >= 0.6 is 0 Å². The average Bonchev–Trinajstić information content (AvgIpc) is 3.19. The second-order valence-corrected chi connectivity index (χ2v) is 8.54. The Hall–Kier alpha value is -4.71. The zero-order valence-electron chi connectivity index (χ0n) is 19.7. The Bertz CT molecular complexity index is 1430. The molecule has 6 heteroatoms. The number of aliphatic hydroxyl groups excluding tert-OH is 1. The van der Waals surface area contributed by atoms with Crippen LogP contribution in [0.4, 0.5) is 5.69 Å². The number of ether oxygens (including phenoxy) is 1.